The van der Waals surface area contributed by atoms with Crippen molar-refractivity contribution in [2.24, 2.45) is 0 Å². The Kier molecular flexibility index (Phi) is 10.6. The van der Waals surface area contributed by atoms with Gasteiger partial charge in [0.2, 0.25) is 11.5 Å². The molecule has 8 heteroatoms. The van der Waals surface area contributed by atoms with Crippen molar-refractivity contribution >= 4 is 21.5 Å². The quantitative estimate of drug-likeness (QED) is 0.168. The van der Waals surface area contributed by atoms with Crippen molar-refractivity contribution in [1.29, 1.82) is 0 Å². The molecule has 5 rings (SSSR count). The smallest absolute Gasteiger partial charge is 0.203 e. The van der Waals surface area contributed by atoms with Crippen LogP contribution in [0.5, 0.6) is 34.5 Å². The number of fused-ring (bicyclic) bond motifs is 2. The normalized spacial score (nSPS) is 14.1. The van der Waals surface area contributed by atoms with Gasteiger partial charge in [-0.15, -0.1) is 0 Å². The Morgan fingerprint density at radius 1 is 0.477 bits per heavy atom. The molecule has 4 aromatic rings. The summed E-state index contributed by atoms with van der Waals surface area (Å²) in [6.07, 6.45) is 4.37. The summed E-state index contributed by atoms with van der Waals surface area (Å²) in [6.45, 7) is 6.76. The minimum Gasteiger partial charge on any atom is -0.493 e. The van der Waals surface area contributed by atoms with Gasteiger partial charge in [0.1, 0.15) is 0 Å². The van der Waals surface area contributed by atoms with Gasteiger partial charge in [0, 0.05) is 37.0 Å². The predicted octanol–water partition coefficient (Wildman–Crippen LogP) is 6.23. The van der Waals surface area contributed by atoms with Gasteiger partial charge in [0.05, 0.1) is 42.7 Å². The molecule has 1 saturated heterocycles. The standard InChI is InChI=1S/C36H46N2O6/c1-39-31-23-27-21-25(11-13-29(27)33(41-3)35(31)43-5)9-7-15-37-17-19-38(20-18-37)16-8-10-26-12-14-30-28(22-26)24-32(40-2)36(44-6)34(30)42-4/h11-14,21-24H,7-10,15-20H2,1-6H3. The van der Waals surface area contributed by atoms with Gasteiger partial charge in [-0.1, -0.05) is 36.4 Å². The highest BCUT2D eigenvalue weighted by Gasteiger charge is 2.19. The highest BCUT2D eigenvalue weighted by Crippen LogP contribution is 2.44. The van der Waals surface area contributed by atoms with Gasteiger partial charge in [-0.25, -0.2) is 0 Å². The molecule has 0 spiro atoms. The van der Waals surface area contributed by atoms with Gasteiger partial charge in [-0.2, -0.15) is 0 Å². The molecule has 236 valence electrons. The molecule has 0 unspecified atom stereocenters. The molecule has 1 heterocycles. The molecule has 0 aliphatic carbocycles. The highest BCUT2D eigenvalue weighted by atomic mass is 16.5. The number of hydrogen-bond donors (Lipinski definition) is 0. The summed E-state index contributed by atoms with van der Waals surface area (Å²) in [5, 5.41) is 4.28. The van der Waals surface area contributed by atoms with E-state index >= 15 is 0 Å². The van der Waals surface area contributed by atoms with Crippen LogP contribution in [-0.4, -0.2) is 91.7 Å². The number of benzene rings is 4. The summed E-state index contributed by atoms with van der Waals surface area (Å²) in [7, 11) is 9.93. The molecular weight excluding hydrogens is 556 g/mol. The molecule has 1 aliphatic rings. The van der Waals surface area contributed by atoms with Crippen molar-refractivity contribution in [3.05, 3.63) is 59.7 Å². The van der Waals surface area contributed by atoms with E-state index in [0.717, 1.165) is 86.5 Å². The van der Waals surface area contributed by atoms with Crippen LogP contribution in [0, 0.1) is 0 Å². The third-order valence-corrected chi connectivity index (χ3v) is 8.76. The lowest BCUT2D eigenvalue weighted by Gasteiger charge is -2.34. The summed E-state index contributed by atoms with van der Waals surface area (Å²) >= 11 is 0. The zero-order valence-corrected chi connectivity index (χ0v) is 27.0. The summed E-state index contributed by atoms with van der Waals surface area (Å²) < 4.78 is 33.5. The molecule has 0 aromatic heterocycles. The second-order valence-electron chi connectivity index (χ2n) is 11.3. The Labute approximate surface area is 261 Å². The molecule has 0 saturated carbocycles. The summed E-state index contributed by atoms with van der Waals surface area (Å²) in [6, 6.07) is 17.2. The lowest BCUT2D eigenvalue weighted by atomic mass is 10.0. The van der Waals surface area contributed by atoms with Crippen LogP contribution >= 0.6 is 0 Å². The average Bonchev–Trinajstić information content (AvgIpc) is 3.06. The molecule has 8 nitrogen and oxygen atoms in total. The van der Waals surface area contributed by atoms with Crippen molar-refractivity contribution in [2.45, 2.75) is 25.7 Å². The van der Waals surface area contributed by atoms with Crippen molar-refractivity contribution in [3.63, 3.8) is 0 Å². The third kappa shape index (κ3) is 6.76. The molecule has 1 aliphatic heterocycles. The monoisotopic (exact) mass is 602 g/mol. The molecule has 0 radical (unpaired) electrons. The number of piperazine rings is 1. The van der Waals surface area contributed by atoms with E-state index < -0.39 is 0 Å². The maximum atomic E-state index is 5.66. The van der Waals surface area contributed by atoms with Crippen LogP contribution in [0.4, 0.5) is 0 Å². The van der Waals surface area contributed by atoms with E-state index in [-0.39, 0.29) is 0 Å². The summed E-state index contributed by atoms with van der Waals surface area (Å²) in [4.78, 5) is 5.21. The fraction of sp³-hybridized carbons (Fsp3) is 0.444. The van der Waals surface area contributed by atoms with Crippen LogP contribution in [0.25, 0.3) is 21.5 Å². The van der Waals surface area contributed by atoms with Crippen molar-refractivity contribution in [1.82, 2.24) is 9.80 Å². The SMILES string of the molecule is COc1cc2cc(CCCN3CCN(CCCc4ccc5c(OC)c(OC)c(OC)cc5c4)CC3)ccc2c(OC)c1OC. The number of hydrogen-bond acceptors (Lipinski definition) is 8. The Hall–Kier alpha value is -3.88. The predicted molar refractivity (Wildman–Crippen MR) is 177 cm³/mol. The van der Waals surface area contributed by atoms with Crippen molar-refractivity contribution < 1.29 is 28.4 Å². The van der Waals surface area contributed by atoms with Gasteiger partial charge in [-0.3, -0.25) is 0 Å². The molecule has 0 N–H and O–H groups in total. The molecular formula is C36H46N2O6. The zero-order chi connectivity index (χ0) is 31.1. The number of methoxy groups -OCH3 is 6. The van der Waals surface area contributed by atoms with Crippen molar-refractivity contribution in [3.8, 4) is 34.5 Å². The van der Waals surface area contributed by atoms with Crippen LogP contribution in [0.2, 0.25) is 0 Å². The maximum Gasteiger partial charge on any atom is 0.203 e. The lowest BCUT2D eigenvalue weighted by molar-refractivity contribution is 0.130. The Bertz CT molecular complexity index is 1450. The molecule has 1 fully saturated rings. The van der Waals surface area contributed by atoms with E-state index in [2.05, 4.69) is 46.2 Å². The van der Waals surface area contributed by atoms with E-state index in [1.54, 1.807) is 42.7 Å². The number of rotatable bonds is 14. The van der Waals surface area contributed by atoms with E-state index in [4.69, 9.17) is 28.4 Å². The Morgan fingerprint density at radius 3 is 1.20 bits per heavy atom. The lowest BCUT2D eigenvalue weighted by Crippen LogP contribution is -2.46. The zero-order valence-electron chi connectivity index (χ0n) is 27.0. The molecule has 44 heavy (non-hydrogen) atoms. The van der Waals surface area contributed by atoms with Gasteiger partial charge in [0.25, 0.3) is 0 Å². The second kappa shape index (κ2) is 14.7. The van der Waals surface area contributed by atoms with Crippen LogP contribution < -0.4 is 28.4 Å². The molecule has 0 bridgehead atoms. The minimum atomic E-state index is 0.631. The van der Waals surface area contributed by atoms with E-state index in [1.165, 1.54) is 11.1 Å². The first-order valence-electron chi connectivity index (χ1n) is 15.4. The Balaban J connectivity index is 1.08. The fourth-order valence-electron chi connectivity index (χ4n) is 6.41. The fourth-order valence-corrected chi connectivity index (χ4v) is 6.41. The first-order valence-corrected chi connectivity index (χ1v) is 15.4. The van der Waals surface area contributed by atoms with Crippen molar-refractivity contribution in [2.75, 3.05) is 81.9 Å². The maximum absolute atomic E-state index is 5.66. The van der Waals surface area contributed by atoms with Crippen LogP contribution in [0.1, 0.15) is 24.0 Å². The summed E-state index contributed by atoms with van der Waals surface area (Å²) in [5.41, 5.74) is 2.66. The van der Waals surface area contributed by atoms with Gasteiger partial charge >= 0.3 is 0 Å². The van der Waals surface area contributed by atoms with E-state index in [1.807, 2.05) is 12.1 Å². The van der Waals surface area contributed by atoms with Crippen LogP contribution in [0.3, 0.4) is 0 Å². The van der Waals surface area contributed by atoms with Gasteiger partial charge in [-0.05, 0) is 72.8 Å². The first-order chi connectivity index (χ1) is 21.5. The molecule has 4 aromatic carbocycles. The number of ether oxygens (including phenoxy) is 6. The molecule has 0 atom stereocenters. The van der Waals surface area contributed by atoms with E-state index in [9.17, 15) is 0 Å². The second-order valence-corrected chi connectivity index (χ2v) is 11.3. The van der Waals surface area contributed by atoms with Gasteiger partial charge < -0.3 is 38.2 Å². The average molecular weight is 603 g/mol. The Morgan fingerprint density at radius 2 is 0.864 bits per heavy atom. The number of nitrogens with zero attached hydrogens (tertiary/aromatic N) is 2. The van der Waals surface area contributed by atoms with Crippen LogP contribution in [0.15, 0.2) is 48.5 Å². The molecule has 0 amide bonds. The first kappa shape index (κ1) is 31.5. The van der Waals surface area contributed by atoms with Crippen LogP contribution in [-0.2, 0) is 12.8 Å². The minimum absolute atomic E-state index is 0.631. The highest BCUT2D eigenvalue weighted by molar-refractivity contribution is 5.94. The summed E-state index contributed by atoms with van der Waals surface area (Å²) in [5.74, 6) is 4.06. The topological polar surface area (TPSA) is 61.9 Å². The van der Waals surface area contributed by atoms with Gasteiger partial charge in [0.15, 0.2) is 23.0 Å². The largest absolute Gasteiger partial charge is 0.493 e. The number of aryl methyl sites for hydroxylation is 2. The van der Waals surface area contributed by atoms with E-state index in [0.29, 0.717) is 34.5 Å². The third-order valence-electron chi connectivity index (χ3n) is 8.76.